The van der Waals surface area contributed by atoms with Gasteiger partial charge in [0.1, 0.15) is 0 Å². The Hall–Kier alpha value is -2.51. The van der Waals surface area contributed by atoms with Crippen molar-refractivity contribution < 1.29 is 13.2 Å². The molecule has 2 heterocycles. The molecule has 0 saturated heterocycles. The molecule has 2 aromatic heterocycles. The van der Waals surface area contributed by atoms with Gasteiger partial charge >= 0.3 is 18.1 Å². The van der Waals surface area contributed by atoms with E-state index < -0.39 is 18.0 Å². The highest BCUT2D eigenvalue weighted by molar-refractivity contribution is 5.77. The summed E-state index contributed by atoms with van der Waals surface area (Å²) in [5.41, 5.74) is 0.717. The van der Waals surface area contributed by atoms with Crippen LogP contribution in [0.1, 0.15) is 12.3 Å². The molecule has 0 unspecified atom stereocenters. The predicted molar refractivity (Wildman–Crippen MR) is 61.3 cm³/mol. The number of nitrogens with zero attached hydrogens (tertiary/aromatic N) is 4. The second-order valence-corrected chi connectivity index (χ2v) is 3.89. The largest absolute Gasteiger partial charge is 0.401 e. The Labute approximate surface area is 104 Å². The summed E-state index contributed by atoms with van der Waals surface area (Å²) in [6.07, 6.45) is -2.87. The van der Waals surface area contributed by atoms with E-state index in [1.54, 1.807) is 31.3 Å². The Morgan fingerprint density at radius 3 is 2.53 bits per heavy atom. The lowest BCUT2D eigenvalue weighted by Gasteiger charge is -1.95. The smallest absolute Gasteiger partial charge is 0.337 e. The van der Waals surface area contributed by atoms with E-state index in [9.17, 15) is 13.6 Å². The van der Waals surface area contributed by atoms with E-state index in [-0.39, 0.29) is 6.01 Å². The van der Waals surface area contributed by atoms with Gasteiger partial charge in [-0.2, -0.15) is 8.78 Å². The van der Waals surface area contributed by atoms with Crippen molar-refractivity contribution in [3.63, 3.8) is 0 Å². The van der Waals surface area contributed by atoms with Crippen LogP contribution in [0.4, 0.5) is 8.78 Å². The highest BCUT2D eigenvalue weighted by Gasteiger charge is 2.20. The highest BCUT2D eigenvalue weighted by Crippen LogP contribution is 2.20. The van der Waals surface area contributed by atoms with Crippen LogP contribution in [-0.4, -0.2) is 19.3 Å². The van der Waals surface area contributed by atoms with E-state index >= 15 is 0 Å². The number of aromatic nitrogens is 4. The van der Waals surface area contributed by atoms with Crippen LogP contribution in [0, 0.1) is 0 Å². The molecular formula is C11H8F2N4O2. The van der Waals surface area contributed by atoms with Crippen molar-refractivity contribution in [1.29, 1.82) is 0 Å². The van der Waals surface area contributed by atoms with Crippen LogP contribution < -0.4 is 5.69 Å². The van der Waals surface area contributed by atoms with Gasteiger partial charge in [0.15, 0.2) is 0 Å². The third-order valence-electron chi connectivity index (χ3n) is 2.77. The molecular weight excluding hydrogens is 258 g/mol. The van der Waals surface area contributed by atoms with Gasteiger partial charge in [-0.15, -0.1) is 5.10 Å². The van der Waals surface area contributed by atoms with Crippen molar-refractivity contribution in [2.75, 3.05) is 0 Å². The fraction of sp³-hybridized carbons (Fsp3) is 0.182. The molecule has 3 rings (SSSR count). The van der Waals surface area contributed by atoms with Crippen LogP contribution in [0.5, 0.6) is 0 Å². The molecule has 0 aliphatic heterocycles. The van der Waals surface area contributed by atoms with Crippen LogP contribution in [0.3, 0.4) is 0 Å². The van der Waals surface area contributed by atoms with Crippen LogP contribution in [0.25, 0.3) is 17.0 Å². The summed E-state index contributed by atoms with van der Waals surface area (Å²) in [6, 6.07) is 6.63. The Balaban J connectivity index is 2.30. The summed E-state index contributed by atoms with van der Waals surface area (Å²) in [7, 11) is 1.57. The molecule has 3 aromatic rings. The number of para-hydroxylation sites is 2. The van der Waals surface area contributed by atoms with Crippen LogP contribution in [-0.2, 0) is 7.05 Å². The molecule has 0 saturated carbocycles. The topological polar surface area (TPSA) is 65.8 Å². The third-order valence-corrected chi connectivity index (χ3v) is 2.77. The van der Waals surface area contributed by atoms with Crippen LogP contribution in [0.15, 0.2) is 33.5 Å². The average Bonchev–Trinajstić information content (AvgIpc) is 2.96. The zero-order valence-electron chi connectivity index (χ0n) is 9.75. The molecule has 0 spiro atoms. The lowest BCUT2D eigenvalue weighted by molar-refractivity contribution is 0.115. The second kappa shape index (κ2) is 4.01. The molecule has 0 amide bonds. The van der Waals surface area contributed by atoms with Gasteiger partial charge in [0, 0.05) is 7.05 Å². The zero-order chi connectivity index (χ0) is 13.6. The number of hydrogen-bond donors (Lipinski definition) is 0. The Bertz CT molecular complexity index is 802. The van der Waals surface area contributed by atoms with E-state index in [4.69, 9.17) is 4.42 Å². The maximum absolute atomic E-state index is 12.4. The Morgan fingerprint density at radius 1 is 1.21 bits per heavy atom. The Morgan fingerprint density at radius 2 is 1.89 bits per heavy atom. The minimum Gasteiger partial charge on any atom is -0.401 e. The van der Waals surface area contributed by atoms with Crippen LogP contribution in [0.2, 0.25) is 0 Å². The number of imidazole rings is 1. The molecule has 1 aromatic carbocycles. The molecule has 0 radical (unpaired) electrons. The summed E-state index contributed by atoms with van der Waals surface area (Å²) in [4.78, 5) is 12.1. The molecule has 6 nitrogen and oxygen atoms in total. The fourth-order valence-corrected chi connectivity index (χ4v) is 1.88. The van der Waals surface area contributed by atoms with Gasteiger partial charge in [-0.1, -0.05) is 17.2 Å². The number of halogens is 2. The van der Waals surface area contributed by atoms with Gasteiger partial charge in [0.25, 0.3) is 5.89 Å². The van der Waals surface area contributed by atoms with E-state index in [1.807, 2.05) is 0 Å². The van der Waals surface area contributed by atoms with Crippen molar-refractivity contribution in [2.45, 2.75) is 6.43 Å². The molecule has 19 heavy (non-hydrogen) atoms. The molecule has 0 aliphatic rings. The first-order valence-corrected chi connectivity index (χ1v) is 5.38. The second-order valence-electron chi connectivity index (χ2n) is 3.89. The molecule has 0 aliphatic carbocycles. The molecule has 0 bridgehead atoms. The summed E-state index contributed by atoms with van der Waals surface area (Å²) in [5.74, 6) is -0.810. The predicted octanol–water partition coefficient (Wildman–Crippen LogP) is 1.65. The maximum atomic E-state index is 12.4. The Kier molecular flexibility index (Phi) is 2.44. The third kappa shape index (κ3) is 1.64. The van der Waals surface area contributed by atoms with Crippen LogP contribution >= 0.6 is 0 Å². The summed E-state index contributed by atoms with van der Waals surface area (Å²) in [5, 5.41) is 6.70. The first-order chi connectivity index (χ1) is 9.09. The number of rotatable bonds is 2. The van der Waals surface area contributed by atoms with Crippen molar-refractivity contribution in [1.82, 2.24) is 19.3 Å². The first kappa shape index (κ1) is 11.6. The normalized spacial score (nSPS) is 11.6. The van der Waals surface area contributed by atoms with Crippen molar-refractivity contribution in [3.8, 4) is 6.01 Å². The van der Waals surface area contributed by atoms with Gasteiger partial charge in [-0.3, -0.25) is 4.57 Å². The molecule has 0 fully saturated rings. The van der Waals surface area contributed by atoms with Crippen molar-refractivity contribution in [3.05, 3.63) is 40.6 Å². The maximum Gasteiger partial charge on any atom is 0.337 e. The van der Waals surface area contributed by atoms with Gasteiger partial charge in [0.2, 0.25) is 0 Å². The van der Waals surface area contributed by atoms with E-state index in [0.29, 0.717) is 11.0 Å². The number of alkyl halides is 2. The lowest BCUT2D eigenvalue weighted by atomic mass is 10.3. The zero-order valence-corrected chi connectivity index (χ0v) is 9.75. The summed E-state index contributed by atoms with van der Waals surface area (Å²) >= 11 is 0. The number of hydrogen-bond acceptors (Lipinski definition) is 4. The number of aryl methyl sites for hydroxylation is 1. The minimum absolute atomic E-state index is 0.267. The van der Waals surface area contributed by atoms with E-state index in [0.717, 1.165) is 4.57 Å². The van der Waals surface area contributed by atoms with Gasteiger partial charge in [-0.25, -0.2) is 9.36 Å². The van der Waals surface area contributed by atoms with Gasteiger partial charge in [0.05, 0.1) is 11.0 Å². The quantitative estimate of drug-likeness (QED) is 0.707. The van der Waals surface area contributed by atoms with E-state index in [2.05, 4.69) is 10.2 Å². The number of fused-ring (bicyclic) bond motifs is 1. The highest BCUT2D eigenvalue weighted by atomic mass is 19.3. The van der Waals surface area contributed by atoms with E-state index in [1.165, 1.54) is 4.57 Å². The molecule has 8 heteroatoms. The molecule has 98 valence electrons. The molecule has 0 atom stereocenters. The lowest BCUT2D eigenvalue weighted by Crippen LogP contribution is -2.21. The first-order valence-electron chi connectivity index (χ1n) is 5.38. The number of benzene rings is 1. The van der Waals surface area contributed by atoms with Crippen molar-refractivity contribution >= 4 is 11.0 Å². The minimum atomic E-state index is -2.87. The van der Waals surface area contributed by atoms with Gasteiger partial charge in [-0.05, 0) is 12.1 Å². The fourth-order valence-electron chi connectivity index (χ4n) is 1.88. The monoisotopic (exact) mass is 266 g/mol. The summed E-state index contributed by atoms with van der Waals surface area (Å²) < 4.78 is 32.1. The average molecular weight is 266 g/mol. The van der Waals surface area contributed by atoms with Crippen molar-refractivity contribution in [2.24, 2.45) is 7.05 Å². The van der Waals surface area contributed by atoms with Gasteiger partial charge < -0.3 is 4.42 Å². The standard InChI is InChI=1S/C11H8F2N4O2/c1-16-6-4-2-3-5-7(6)17(11(16)18)10-15-14-9(19-10)8(12)13/h2-5,8H,1H3. The summed E-state index contributed by atoms with van der Waals surface area (Å²) in [6.45, 7) is 0. The SMILES string of the molecule is Cn1c(=O)n(-c2nnc(C(F)F)o2)c2ccccc21. The molecule has 0 N–H and O–H groups in total.